The molecule has 1 unspecified atom stereocenters. The number of halogens is 1. The molecule has 7 heteroatoms. The number of aromatic nitrogens is 2. The maximum absolute atomic E-state index is 13.1. The largest absolute Gasteiger partial charge is 0.378 e. The molecule has 0 N–H and O–H groups in total. The molecule has 0 saturated carbocycles. The Morgan fingerprint density at radius 3 is 2.52 bits per heavy atom. The molecule has 0 radical (unpaired) electrons. The van der Waals surface area contributed by atoms with Crippen molar-refractivity contribution in [1.29, 1.82) is 0 Å². The SMILES string of the molecule is O=C(C1CCCN(c2ccc(-c3ccc(F)cc3)nn2)C1)N1CCOCC1. The van der Waals surface area contributed by atoms with E-state index in [1.54, 1.807) is 12.1 Å². The quantitative estimate of drug-likeness (QED) is 0.830. The number of ether oxygens (including phenoxy) is 1. The van der Waals surface area contributed by atoms with E-state index in [-0.39, 0.29) is 17.6 Å². The summed E-state index contributed by atoms with van der Waals surface area (Å²) in [5.74, 6) is 0.724. The van der Waals surface area contributed by atoms with Crippen molar-refractivity contribution in [2.24, 2.45) is 5.92 Å². The van der Waals surface area contributed by atoms with Crippen LogP contribution in [0, 0.1) is 11.7 Å². The van der Waals surface area contributed by atoms with Gasteiger partial charge in [-0.05, 0) is 49.2 Å². The van der Waals surface area contributed by atoms with Crippen LogP contribution in [0.1, 0.15) is 12.8 Å². The Labute approximate surface area is 157 Å². The van der Waals surface area contributed by atoms with Crippen LogP contribution < -0.4 is 4.90 Å². The first-order valence-electron chi connectivity index (χ1n) is 9.42. The number of carbonyl (C=O) groups is 1. The zero-order valence-corrected chi connectivity index (χ0v) is 15.2. The molecule has 4 rings (SSSR count). The number of nitrogens with zero attached hydrogens (tertiary/aromatic N) is 4. The molecule has 6 nitrogen and oxygen atoms in total. The number of amides is 1. The number of rotatable bonds is 3. The van der Waals surface area contributed by atoms with E-state index < -0.39 is 0 Å². The zero-order valence-electron chi connectivity index (χ0n) is 15.2. The Morgan fingerprint density at radius 1 is 1.04 bits per heavy atom. The van der Waals surface area contributed by atoms with E-state index in [9.17, 15) is 9.18 Å². The van der Waals surface area contributed by atoms with Gasteiger partial charge in [0.1, 0.15) is 5.82 Å². The van der Waals surface area contributed by atoms with Crippen LogP contribution in [0.15, 0.2) is 36.4 Å². The third-order valence-electron chi connectivity index (χ3n) is 5.21. The molecule has 2 fully saturated rings. The lowest BCUT2D eigenvalue weighted by Gasteiger charge is -2.36. The van der Waals surface area contributed by atoms with Crippen molar-refractivity contribution in [2.45, 2.75) is 12.8 Å². The molecular formula is C20H23FN4O2. The van der Waals surface area contributed by atoms with Gasteiger partial charge in [0.2, 0.25) is 5.91 Å². The van der Waals surface area contributed by atoms with Crippen molar-refractivity contribution < 1.29 is 13.9 Å². The summed E-state index contributed by atoms with van der Waals surface area (Å²) in [5.41, 5.74) is 1.53. The maximum Gasteiger partial charge on any atom is 0.227 e. The van der Waals surface area contributed by atoms with E-state index in [4.69, 9.17) is 4.74 Å². The fourth-order valence-corrected chi connectivity index (χ4v) is 3.70. The lowest BCUT2D eigenvalue weighted by molar-refractivity contribution is -0.139. The highest BCUT2D eigenvalue weighted by Gasteiger charge is 2.30. The highest BCUT2D eigenvalue weighted by molar-refractivity contribution is 5.80. The zero-order chi connectivity index (χ0) is 18.6. The molecule has 142 valence electrons. The highest BCUT2D eigenvalue weighted by atomic mass is 19.1. The minimum Gasteiger partial charge on any atom is -0.378 e. The first kappa shape index (κ1) is 17.9. The monoisotopic (exact) mass is 370 g/mol. The topological polar surface area (TPSA) is 58.6 Å². The maximum atomic E-state index is 13.1. The molecule has 2 aliphatic heterocycles. The first-order chi connectivity index (χ1) is 13.2. The number of hydrogen-bond donors (Lipinski definition) is 0. The van der Waals surface area contributed by atoms with Crippen LogP contribution in [0.3, 0.4) is 0 Å². The predicted octanol–water partition coefficient (Wildman–Crippen LogP) is 2.36. The van der Waals surface area contributed by atoms with Gasteiger partial charge in [-0.15, -0.1) is 10.2 Å². The molecule has 0 spiro atoms. The molecule has 2 aromatic rings. The molecule has 0 bridgehead atoms. The van der Waals surface area contributed by atoms with Crippen LogP contribution in [0.5, 0.6) is 0 Å². The van der Waals surface area contributed by atoms with Crippen LogP contribution in [-0.4, -0.2) is 60.4 Å². The second-order valence-corrected chi connectivity index (χ2v) is 7.01. The lowest BCUT2D eigenvalue weighted by Crippen LogP contribution is -2.48. The van der Waals surface area contributed by atoms with Gasteiger partial charge in [0.15, 0.2) is 5.82 Å². The van der Waals surface area contributed by atoms with Gasteiger partial charge in [-0.1, -0.05) is 0 Å². The van der Waals surface area contributed by atoms with E-state index >= 15 is 0 Å². The minimum absolute atomic E-state index is 0.00424. The molecule has 3 heterocycles. The Balaban J connectivity index is 1.43. The molecule has 1 aromatic carbocycles. The Hall–Kier alpha value is -2.54. The highest BCUT2D eigenvalue weighted by Crippen LogP contribution is 2.25. The summed E-state index contributed by atoms with van der Waals surface area (Å²) in [5, 5.41) is 8.63. The average Bonchev–Trinajstić information content (AvgIpc) is 2.75. The lowest BCUT2D eigenvalue weighted by atomic mass is 9.96. The normalized spacial score (nSPS) is 20.6. The van der Waals surface area contributed by atoms with Gasteiger partial charge < -0.3 is 14.5 Å². The molecule has 2 saturated heterocycles. The summed E-state index contributed by atoms with van der Waals surface area (Å²) >= 11 is 0. The number of morpholine rings is 1. The van der Waals surface area contributed by atoms with Crippen molar-refractivity contribution in [3.63, 3.8) is 0 Å². The van der Waals surface area contributed by atoms with Gasteiger partial charge >= 0.3 is 0 Å². The molecule has 27 heavy (non-hydrogen) atoms. The van der Waals surface area contributed by atoms with Crippen molar-refractivity contribution in [2.75, 3.05) is 44.3 Å². The fourth-order valence-electron chi connectivity index (χ4n) is 3.70. The van der Waals surface area contributed by atoms with Crippen molar-refractivity contribution in [1.82, 2.24) is 15.1 Å². The summed E-state index contributed by atoms with van der Waals surface area (Å²) in [4.78, 5) is 16.8. The summed E-state index contributed by atoms with van der Waals surface area (Å²) in [6, 6.07) is 10.0. The van der Waals surface area contributed by atoms with E-state index in [0.29, 0.717) is 38.5 Å². The van der Waals surface area contributed by atoms with Crippen molar-refractivity contribution in [3.8, 4) is 11.3 Å². The number of carbonyl (C=O) groups excluding carboxylic acids is 1. The van der Waals surface area contributed by atoms with Crippen LogP contribution in [0.25, 0.3) is 11.3 Å². The summed E-state index contributed by atoms with van der Waals surface area (Å²) in [7, 11) is 0. The second kappa shape index (κ2) is 8.00. The van der Waals surface area contributed by atoms with Crippen LogP contribution in [0.4, 0.5) is 10.2 Å². The van der Waals surface area contributed by atoms with Gasteiger partial charge in [-0.2, -0.15) is 0 Å². The Morgan fingerprint density at radius 2 is 1.81 bits per heavy atom. The third-order valence-corrected chi connectivity index (χ3v) is 5.21. The summed E-state index contributed by atoms with van der Waals surface area (Å²) in [6.07, 6.45) is 1.87. The van der Waals surface area contributed by atoms with Crippen molar-refractivity contribution in [3.05, 3.63) is 42.2 Å². The predicted molar refractivity (Wildman–Crippen MR) is 99.8 cm³/mol. The van der Waals surface area contributed by atoms with E-state index in [2.05, 4.69) is 15.1 Å². The average molecular weight is 370 g/mol. The molecule has 0 aliphatic carbocycles. The van der Waals surface area contributed by atoms with Gasteiger partial charge in [0, 0.05) is 31.7 Å². The number of hydrogen-bond acceptors (Lipinski definition) is 5. The molecule has 1 aromatic heterocycles. The van der Waals surface area contributed by atoms with Gasteiger partial charge in [0.05, 0.1) is 24.8 Å². The third kappa shape index (κ3) is 4.08. The van der Waals surface area contributed by atoms with E-state index in [0.717, 1.165) is 30.8 Å². The number of benzene rings is 1. The summed E-state index contributed by atoms with van der Waals surface area (Å²) < 4.78 is 18.4. The van der Waals surface area contributed by atoms with Crippen LogP contribution in [-0.2, 0) is 9.53 Å². The number of anilines is 1. The number of piperidine rings is 1. The van der Waals surface area contributed by atoms with Crippen LogP contribution in [0.2, 0.25) is 0 Å². The smallest absolute Gasteiger partial charge is 0.227 e. The first-order valence-corrected chi connectivity index (χ1v) is 9.42. The Bertz CT molecular complexity index is 776. The van der Waals surface area contributed by atoms with Gasteiger partial charge in [-0.25, -0.2) is 4.39 Å². The Kier molecular flexibility index (Phi) is 5.29. The van der Waals surface area contributed by atoms with Crippen molar-refractivity contribution >= 4 is 11.7 Å². The second-order valence-electron chi connectivity index (χ2n) is 7.01. The molecule has 1 atom stereocenters. The van der Waals surface area contributed by atoms with E-state index in [1.807, 2.05) is 17.0 Å². The minimum atomic E-state index is -0.271. The molecular weight excluding hydrogens is 347 g/mol. The van der Waals surface area contributed by atoms with Gasteiger partial charge in [0.25, 0.3) is 0 Å². The molecule has 1 amide bonds. The van der Waals surface area contributed by atoms with Gasteiger partial charge in [-0.3, -0.25) is 4.79 Å². The fraction of sp³-hybridized carbons (Fsp3) is 0.450. The molecule has 2 aliphatic rings. The van der Waals surface area contributed by atoms with Crippen LogP contribution >= 0.6 is 0 Å². The summed E-state index contributed by atoms with van der Waals surface area (Å²) in [6.45, 7) is 4.15. The standard InChI is InChI=1S/C20H23FN4O2/c21-17-5-3-15(4-6-17)18-7-8-19(23-22-18)25-9-1-2-16(14-25)20(26)24-10-12-27-13-11-24/h3-8,16H,1-2,9-14H2. The van der Waals surface area contributed by atoms with E-state index in [1.165, 1.54) is 12.1 Å².